The number of unbranched alkanes of at least 4 members (excludes halogenated alkanes) is 2. The fraction of sp³-hybridized carbons (Fsp3) is 0.687. The standard InChI is InChI=1S/C67H108N8O14/c1-15-44(8)61(56(86-13)39-58(80)75-34-23-27-52(75)63(87-14)46(10)53(76)36-45(9)62(81)48-24-18-16-19-25-48)73(11)65(83)51(41(2)3)38-55(78)60(43(6)7)74(12)67(85)88-40-47-29-31-50(32-30-47)71-64(82)49(26-22-33-70-66(68)84)37-54(77)59(42(4)5)72-57(79)28-20-17-21-35-89-69/h16,18-19,24-25,29-32,41-46,49,51-52,56,59-63,81H,15,17,20-23,26-28,33-40,69H2,1-14H3,(H,71,82)(H,72,79)(H3,68,70,84)/t44-,45-,46-,49+,51-,52-,56+,59-,60-,61-,62+,63?/m0/s1. The summed E-state index contributed by atoms with van der Waals surface area (Å²) in [4.78, 5) is 132. The number of nitrogens with zero attached hydrogens (tertiary/aromatic N) is 3. The number of rotatable bonds is 41. The van der Waals surface area contributed by atoms with Crippen LogP contribution in [0.2, 0.25) is 0 Å². The summed E-state index contributed by atoms with van der Waals surface area (Å²) in [6.45, 7) is 19.6. The first-order valence-corrected chi connectivity index (χ1v) is 32.0. The molecule has 0 saturated carbocycles. The van der Waals surface area contributed by atoms with Crippen LogP contribution in [0.3, 0.4) is 0 Å². The molecule has 89 heavy (non-hydrogen) atoms. The lowest BCUT2D eigenvalue weighted by atomic mass is 9.83. The van der Waals surface area contributed by atoms with Gasteiger partial charge >= 0.3 is 12.1 Å². The predicted molar refractivity (Wildman–Crippen MR) is 341 cm³/mol. The van der Waals surface area contributed by atoms with Crippen LogP contribution in [-0.4, -0.2) is 157 Å². The highest BCUT2D eigenvalue weighted by Crippen LogP contribution is 2.33. The summed E-state index contributed by atoms with van der Waals surface area (Å²) in [5.41, 5.74) is 6.97. The molecule has 8 N–H and O–H groups in total. The van der Waals surface area contributed by atoms with Crippen molar-refractivity contribution >= 4 is 58.8 Å². The third-order valence-electron chi connectivity index (χ3n) is 17.7. The van der Waals surface area contributed by atoms with Crippen molar-refractivity contribution in [1.29, 1.82) is 0 Å². The molecule has 7 amide bonds. The Bertz CT molecular complexity index is 2550. The highest BCUT2D eigenvalue weighted by Gasteiger charge is 2.44. The summed E-state index contributed by atoms with van der Waals surface area (Å²) in [7, 11) is 6.26. The maximum Gasteiger partial charge on any atom is 0.410 e. The number of carbonyl (C=O) groups is 9. The van der Waals surface area contributed by atoms with Crippen molar-refractivity contribution in [2.24, 2.45) is 59.0 Å². The first-order valence-electron chi connectivity index (χ1n) is 32.0. The Balaban J connectivity index is 1.70. The van der Waals surface area contributed by atoms with Gasteiger partial charge in [0.25, 0.3) is 0 Å². The number of ether oxygens (including phenoxy) is 3. The molecule has 1 heterocycles. The Labute approximate surface area is 529 Å². The third kappa shape index (κ3) is 24.1. The molecule has 0 spiro atoms. The number of benzene rings is 2. The molecular weight excluding hydrogens is 1140 g/mol. The molecule has 12 atom stereocenters. The Hall–Kier alpha value is -6.33. The molecule has 1 unspecified atom stereocenters. The number of urea groups is 1. The molecule has 2 aromatic rings. The number of likely N-dealkylation sites (N-methyl/N-ethyl adjacent to an activating group) is 2. The summed E-state index contributed by atoms with van der Waals surface area (Å²) in [6.07, 6.45) is 1.68. The van der Waals surface area contributed by atoms with Crippen LogP contribution in [0.4, 0.5) is 15.3 Å². The van der Waals surface area contributed by atoms with Gasteiger partial charge in [-0.25, -0.2) is 15.5 Å². The predicted octanol–water partition coefficient (Wildman–Crippen LogP) is 8.31. The highest BCUT2D eigenvalue weighted by molar-refractivity contribution is 5.97. The van der Waals surface area contributed by atoms with Gasteiger partial charge in [0.15, 0.2) is 11.6 Å². The molecular formula is C67H108N8O14. The van der Waals surface area contributed by atoms with Crippen molar-refractivity contribution in [2.45, 2.75) is 202 Å². The number of primary amides is 1. The van der Waals surface area contributed by atoms with Crippen molar-refractivity contribution in [2.75, 3.05) is 53.3 Å². The summed E-state index contributed by atoms with van der Waals surface area (Å²) in [6, 6.07) is 12.4. The molecule has 0 aromatic heterocycles. The second-order valence-corrected chi connectivity index (χ2v) is 25.4. The van der Waals surface area contributed by atoms with Crippen molar-refractivity contribution in [3.05, 3.63) is 65.7 Å². The molecule has 3 rings (SSSR count). The minimum atomic E-state index is -0.952. The number of nitrogens with two attached hydrogens (primary N) is 2. The lowest BCUT2D eigenvalue weighted by Gasteiger charge is -2.41. The lowest BCUT2D eigenvalue weighted by Crippen LogP contribution is -2.54. The third-order valence-corrected chi connectivity index (χ3v) is 17.7. The molecule has 1 aliphatic heterocycles. The Morgan fingerprint density at radius 2 is 1.40 bits per heavy atom. The van der Waals surface area contributed by atoms with Gasteiger partial charge in [-0.05, 0) is 91.4 Å². The average Bonchev–Trinajstić information content (AvgIpc) is 4.10. The van der Waals surface area contributed by atoms with Crippen LogP contribution in [0.25, 0.3) is 0 Å². The van der Waals surface area contributed by atoms with Crippen molar-refractivity contribution < 1.29 is 67.3 Å². The van der Waals surface area contributed by atoms with E-state index in [1.807, 2.05) is 99.6 Å². The van der Waals surface area contributed by atoms with Crippen LogP contribution in [0.1, 0.15) is 170 Å². The fourth-order valence-corrected chi connectivity index (χ4v) is 12.2. The second-order valence-electron chi connectivity index (χ2n) is 25.4. The van der Waals surface area contributed by atoms with E-state index in [0.717, 1.165) is 12.0 Å². The number of methoxy groups -OCH3 is 2. The quantitative estimate of drug-likeness (QED) is 0.0269. The largest absolute Gasteiger partial charge is 0.445 e. The molecule has 0 bridgehead atoms. The maximum atomic E-state index is 14.9. The summed E-state index contributed by atoms with van der Waals surface area (Å²) in [5, 5.41) is 19.2. The number of carbonyl (C=O) groups excluding carboxylic acids is 9. The Morgan fingerprint density at radius 1 is 0.742 bits per heavy atom. The number of hydrogen-bond acceptors (Lipinski definition) is 15. The van der Waals surface area contributed by atoms with E-state index in [1.54, 1.807) is 48.2 Å². The van der Waals surface area contributed by atoms with Gasteiger partial charge in [-0.1, -0.05) is 125 Å². The van der Waals surface area contributed by atoms with Gasteiger partial charge < -0.3 is 60.5 Å². The minimum absolute atomic E-state index is 0.0468. The molecule has 2 aromatic carbocycles. The summed E-state index contributed by atoms with van der Waals surface area (Å²) < 4.78 is 17.9. The van der Waals surface area contributed by atoms with Gasteiger partial charge in [0, 0.05) is 90.5 Å². The first kappa shape index (κ1) is 76.9. The number of ketones is 3. The average molecular weight is 1250 g/mol. The molecule has 1 fully saturated rings. The number of amides is 7. The fourth-order valence-electron chi connectivity index (χ4n) is 12.2. The normalized spacial score (nSPS) is 17.1. The van der Waals surface area contributed by atoms with E-state index < -0.39 is 72.2 Å². The number of anilines is 1. The number of aliphatic hydroxyl groups is 1. The Morgan fingerprint density at radius 3 is 1.98 bits per heavy atom. The van der Waals surface area contributed by atoms with Crippen molar-refractivity contribution in [1.82, 2.24) is 25.3 Å². The van der Waals surface area contributed by atoms with Crippen molar-refractivity contribution in [3.8, 4) is 0 Å². The van der Waals surface area contributed by atoms with E-state index in [4.69, 9.17) is 25.8 Å². The molecule has 0 radical (unpaired) electrons. The van der Waals surface area contributed by atoms with E-state index in [0.29, 0.717) is 62.9 Å². The highest BCUT2D eigenvalue weighted by atomic mass is 16.6. The molecule has 0 aliphatic carbocycles. The van der Waals surface area contributed by atoms with E-state index in [2.05, 4.69) is 20.8 Å². The van der Waals surface area contributed by atoms with E-state index in [-0.39, 0.29) is 122 Å². The molecule has 500 valence electrons. The monoisotopic (exact) mass is 1250 g/mol. The van der Waals surface area contributed by atoms with Gasteiger partial charge in [0.2, 0.25) is 23.6 Å². The molecule has 22 heteroatoms. The van der Waals surface area contributed by atoms with Gasteiger partial charge in [-0.2, -0.15) is 0 Å². The van der Waals surface area contributed by atoms with Crippen LogP contribution < -0.4 is 27.6 Å². The first-order chi connectivity index (χ1) is 42.1. The van der Waals surface area contributed by atoms with Crippen LogP contribution in [0.5, 0.6) is 0 Å². The summed E-state index contributed by atoms with van der Waals surface area (Å²) in [5.74, 6) is -0.357. The smallest absolute Gasteiger partial charge is 0.410 e. The van der Waals surface area contributed by atoms with Gasteiger partial charge in [-0.3, -0.25) is 33.6 Å². The summed E-state index contributed by atoms with van der Waals surface area (Å²) >= 11 is 0. The van der Waals surface area contributed by atoms with Crippen LogP contribution in [-0.2, 0) is 59.2 Å². The zero-order valence-electron chi connectivity index (χ0n) is 55.6. The maximum absolute atomic E-state index is 14.9. The lowest BCUT2D eigenvalue weighted by molar-refractivity contribution is -0.149. The van der Waals surface area contributed by atoms with E-state index >= 15 is 0 Å². The molecule has 22 nitrogen and oxygen atoms in total. The van der Waals surface area contributed by atoms with Crippen LogP contribution in [0.15, 0.2) is 54.6 Å². The minimum Gasteiger partial charge on any atom is -0.445 e. The zero-order valence-corrected chi connectivity index (χ0v) is 55.6. The molecule has 1 saturated heterocycles. The van der Waals surface area contributed by atoms with Gasteiger partial charge in [0.05, 0.1) is 55.5 Å². The van der Waals surface area contributed by atoms with E-state index in [1.165, 1.54) is 19.1 Å². The Kier molecular flexibility index (Phi) is 33.7. The van der Waals surface area contributed by atoms with E-state index in [9.17, 15) is 48.3 Å². The number of hydrogen-bond donors (Lipinski definition) is 6. The second kappa shape index (κ2) is 39.0. The number of likely N-dealkylation sites (tertiary alicyclic amines) is 1. The van der Waals surface area contributed by atoms with Crippen LogP contribution in [0, 0.1) is 47.3 Å². The zero-order chi connectivity index (χ0) is 66.7. The van der Waals surface area contributed by atoms with Crippen LogP contribution >= 0.6 is 0 Å². The van der Waals surface area contributed by atoms with Gasteiger partial charge in [0.1, 0.15) is 12.4 Å². The number of Topliss-reactive ketones (excluding diaryl/α,β-unsaturated/α-hetero) is 3. The topological polar surface area (TPSA) is 309 Å². The number of aliphatic hydroxyl groups excluding tert-OH is 1. The number of nitrogens with one attached hydrogen (secondary N) is 3. The molecule has 1 aliphatic rings. The van der Waals surface area contributed by atoms with Gasteiger partial charge in [-0.15, -0.1) is 0 Å². The van der Waals surface area contributed by atoms with Crippen molar-refractivity contribution in [3.63, 3.8) is 0 Å². The SMILES string of the molecule is CC[C@H](C)[C@@H]([C@@H](CC(=O)N1CCC[C@H]1C(OC)[C@@H](C)C(=O)C[C@H](C)[C@@H](O)c1ccccc1)OC)N(C)C(=O)[C@@H](CC(=O)[C@H](C(C)C)N(C)C(=O)OCc1ccc(NC(=O)[C@H](CCCNC(N)=O)CC(=O)[C@@H](NC(=O)CCCCCON)C(C)C)cc1)C(C)C.